The molecule has 0 saturated carbocycles. The zero-order chi connectivity index (χ0) is 9.03. The lowest BCUT2D eigenvalue weighted by Gasteiger charge is -2.29. The number of carbonyl (C=O) groups excluding carboxylic acids is 1. The minimum atomic E-state index is -1.23. The zero-order valence-electron chi connectivity index (χ0n) is 7.71. The van der Waals surface area contributed by atoms with Crippen LogP contribution < -0.4 is 5.32 Å². The topological polar surface area (TPSA) is 58.6 Å². The summed E-state index contributed by atoms with van der Waals surface area (Å²) >= 11 is 0. The van der Waals surface area contributed by atoms with Gasteiger partial charge < -0.3 is 15.2 Å². The van der Waals surface area contributed by atoms with Gasteiger partial charge in [0.1, 0.15) is 0 Å². The van der Waals surface area contributed by atoms with Gasteiger partial charge in [0, 0.05) is 0 Å². The molecule has 1 aliphatic heterocycles. The van der Waals surface area contributed by atoms with Crippen LogP contribution in [0, 0.1) is 0 Å². The molecule has 0 bridgehead atoms. The molecule has 0 atom stereocenters. The van der Waals surface area contributed by atoms with Crippen molar-refractivity contribution in [2.45, 2.75) is 25.4 Å². The molecule has 1 aliphatic rings. The number of hydrogen-bond donors (Lipinski definition) is 2. The third kappa shape index (κ3) is 3.14. The van der Waals surface area contributed by atoms with E-state index in [9.17, 15) is 9.90 Å². The number of aliphatic hydroxyl groups is 1. The van der Waals surface area contributed by atoms with Crippen LogP contribution in [0.3, 0.4) is 0 Å². The number of nitrogens with one attached hydrogen (secondary N) is 1. The van der Waals surface area contributed by atoms with Crippen LogP contribution in [-0.2, 0) is 9.53 Å². The van der Waals surface area contributed by atoms with E-state index in [4.69, 9.17) is 4.74 Å². The smallest absolute Gasteiger partial charge is 0.338 e. The molecular weight excluding hydrogens is 194 g/mol. The number of rotatable bonds is 2. The summed E-state index contributed by atoms with van der Waals surface area (Å²) in [6.07, 6.45) is 0.900. The Bertz CT molecular complexity index is 169. The van der Waals surface area contributed by atoms with Gasteiger partial charge in [-0.2, -0.15) is 0 Å². The maximum absolute atomic E-state index is 11.2. The Morgan fingerprint density at radius 1 is 1.54 bits per heavy atom. The molecule has 2 N–H and O–H groups in total. The Kier molecular flexibility index (Phi) is 5.29. The van der Waals surface area contributed by atoms with Crippen LogP contribution in [0.25, 0.3) is 0 Å². The largest absolute Gasteiger partial charge is 0.464 e. The zero-order valence-corrected chi connectivity index (χ0v) is 8.52. The van der Waals surface area contributed by atoms with Crippen molar-refractivity contribution in [2.75, 3.05) is 19.7 Å². The van der Waals surface area contributed by atoms with Crippen molar-refractivity contribution in [3.8, 4) is 0 Å². The lowest BCUT2D eigenvalue weighted by molar-refractivity contribution is -0.167. The molecule has 0 unspecified atom stereocenters. The van der Waals surface area contributed by atoms with E-state index < -0.39 is 11.6 Å². The van der Waals surface area contributed by atoms with Gasteiger partial charge >= 0.3 is 5.97 Å². The van der Waals surface area contributed by atoms with Crippen LogP contribution >= 0.6 is 12.4 Å². The summed E-state index contributed by atoms with van der Waals surface area (Å²) in [5.41, 5.74) is -1.23. The van der Waals surface area contributed by atoms with Crippen molar-refractivity contribution in [2.24, 2.45) is 0 Å². The molecule has 0 aromatic carbocycles. The van der Waals surface area contributed by atoms with E-state index in [1.165, 1.54) is 0 Å². The van der Waals surface area contributed by atoms with Gasteiger partial charge in [0.2, 0.25) is 0 Å². The highest BCUT2D eigenvalue weighted by Crippen LogP contribution is 2.19. The molecule has 1 fully saturated rings. The van der Waals surface area contributed by atoms with Gasteiger partial charge in [-0.15, -0.1) is 12.4 Å². The van der Waals surface area contributed by atoms with Crippen LogP contribution in [-0.4, -0.2) is 36.4 Å². The van der Waals surface area contributed by atoms with Crippen molar-refractivity contribution < 1.29 is 14.6 Å². The fraction of sp³-hybridized carbons (Fsp3) is 0.875. The highest BCUT2D eigenvalue weighted by molar-refractivity contribution is 5.85. The second-order valence-electron chi connectivity index (χ2n) is 3.00. The minimum Gasteiger partial charge on any atom is -0.464 e. The van der Waals surface area contributed by atoms with E-state index in [0.29, 0.717) is 32.5 Å². The summed E-state index contributed by atoms with van der Waals surface area (Å²) in [6.45, 7) is 3.42. The number of halogens is 1. The summed E-state index contributed by atoms with van der Waals surface area (Å²) in [6, 6.07) is 0. The summed E-state index contributed by atoms with van der Waals surface area (Å²) in [5.74, 6) is -0.480. The van der Waals surface area contributed by atoms with Gasteiger partial charge in [0.15, 0.2) is 5.60 Å². The first-order valence-electron chi connectivity index (χ1n) is 4.29. The molecular formula is C8H16ClNO3. The second-order valence-corrected chi connectivity index (χ2v) is 3.00. The van der Waals surface area contributed by atoms with Crippen molar-refractivity contribution in [1.29, 1.82) is 0 Å². The average molecular weight is 210 g/mol. The van der Waals surface area contributed by atoms with Gasteiger partial charge in [0.25, 0.3) is 0 Å². The van der Waals surface area contributed by atoms with Gasteiger partial charge in [-0.3, -0.25) is 0 Å². The van der Waals surface area contributed by atoms with Crippen LogP contribution in [0.5, 0.6) is 0 Å². The predicted molar refractivity (Wildman–Crippen MR) is 50.9 cm³/mol. The van der Waals surface area contributed by atoms with Crippen LogP contribution in [0.15, 0.2) is 0 Å². The molecule has 0 aromatic heterocycles. The molecule has 0 amide bonds. The maximum Gasteiger partial charge on any atom is 0.338 e. The van der Waals surface area contributed by atoms with Crippen LogP contribution in [0.1, 0.15) is 19.8 Å². The highest BCUT2D eigenvalue weighted by Gasteiger charge is 2.38. The molecule has 0 aromatic rings. The summed E-state index contributed by atoms with van der Waals surface area (Å²) in [5, 5.41) is 12.8. The quantitative estimate of drug-likeness (QED) is 0.633. The fourth-order valence-corrected chi connectivity index (χ4v) is 1.31. The van der Waals surface area contributed by atoms with E-state index >= 15 is 0 Å². The molecule has 1 heterocycles. The lowest BCUT2D eigenvalue weighted by Crippen LogP contribution is -2.48. The predicted octanol–water partition coefficient (Wildman–Crippen LogP) is 0.0858. The molecule has 4 nitrogen and oxygen atoms in total. The van der Waals surface area contributed by atoms with E-state index in [2.05, 4.69) is 5.32 Å². The number of esters is 1. The summed E-state index contributed by atoms with van der Waals surface area (Å²) in [4.78, 5) is 11.2. The second kappa shape index (κ2) is 5.42. The Labute approximate surface area is 84.1 Å². The first kappa shape index (κ1) is 12.7. The lowest BCUT2D eigenvalue weighted by atomic mass is 9.93. The molecule has 0 radical (unpaired) electrons. The maximum atomic E-state index is 11.2. The molecule has 0 spiro atoms. The first-order valence-corrected chi connectivity index (χ1v) is 4.29. The normalized spacial score (nSPS) is 20.2. The van der Waals surface area contributed by atoms with Gasteiger partial charge in [0.05, 0.1) is 6.61 Å². The Morgan fingerprint density at radius 2 is 2.08 bits per heavy atom. The van der Waals surface area contributed by atoms with E-state index in [0.717, 1.165) is 0 Å². The van der Waals surface area contributed by atoms with Crippen LogP contribution in [0.2, 0.25) is 0 Å². The summed E-state index contributed by atoms with van der Waals surface area (Å²) in [7, 11) is 0. The van der Waals surface area contributed by atoms with Crippen molar-refractivity contribution >= 4 is 18.4 Å². The first-order chi connectivity index (χ1) is 5.69. The SMILES string of the molecule is CCOC(=O)C1(O)CCNCC1.Cl. The van der Waals surface area contributed by atoms with Gasteiger partial charge in [-0.25, -0.2) is 4.79 Å². The minimum absolute atomic E-state index is 0. The molecule has 13 heavy (non-hydrogen) atoms. The van der Waals surface area contributed by atoms with E-state index in [-0.39, 0.29) is 12.4 Å². The Hall–Kier alpha value is -0.320. The Balaban J connectivity index is 0.00000144. The Morgan fingerprint density at radius 3 is 2.54 bits per heavy atom. The van der Waals surface area contributed by atoms with Crippen molar-refractivity contribution in [3.63, 3.8) is 0 Å². The highest BCUT2D eigenvalue weighted by atomic mass is 35.5. The third-order valence-corrected chi connectivity index (χ3v) is 2.09. The number of hydrogen-bond acceptors (Lipinski definition) is 4. The molecule has 1 saturated heterocycles. The van der Waals surface area contributed by atoms with Gasteiger partial charge in [-0.05, 0) is 32.9 Å². The standard InChI is InChI=1S/C8H15NO3.ClH/c1-2-12-7(10)8(11)3-5-9-6-4-8;/h9,11H,2-6H2,1H3;1H. The third-order valence-electron chi connectivity index (χ3n) is 2.09. The number of ether oxygens (including phenoxy) is 1. The molecule has 0 aliphatic carbocycles. The fourth-order valence-electron chi connectivity index (χ4n) is 1.31. The molecule has 5 heteroatoms. The summed E-state index contributed by atoms with van der Waals surface area (Å²) < 4.78 is 4.77. The molecule has 78 valence electrons. The number of carbonyl (C=O) groups is 1. The monoisotopic (exact) mass is 209 g/mol. The van der Waals surface area contributed by atoms with Crippen LogP contribution in [0.4, 0.5) is 0 Å². The number of piperidine rings is 1. The van der Waals surface area contributed by atoms with E-state index in [1.54, 1.807) is 6.92 Å². The van der Waals surface area contributed by atoms with Crippen molar-refractivity contribution in [3.05, 3.63) is 0 Å². The average Bonchev–Trinajstić information content (AvgIpc) is 2.06. The van der Waals surface area contributed by atoms with E-state index in [1.807, 2.05) is 0 Å². The van der Waals surface area contributed by atoms with Gasteiger partial charge in [-0.1, -0.05) is 0 Å². The molecule has 1 rings (SSSR count). The van der Waals surface area contributed by atoms with Crippen molar-refractivity contribution in [1.82, 2.24) is 5.32 Å².